The number of hydrogen-bond acceptors (Lipinski definition) is 3. The molecule has 4 bridgehead atoms. The molecule has 5 nitrogen and oxygen atoms in total. The van der Waals surface area contributed by atoms with E-state index in [1.807, 2.05) is 72.8 Å². The molecule has 0 saturated carbocycles. The van der Waals surface area contributed by atoms with E-state index in [1.165, 1.54) is 36.7 Å². The lowest BCUT2D eigenvalue weighted by molar-refractivity contribution is -0.958. The number of benzene rings is 5. The van der Waals surface area contributed by atoms with Crippen molar-refractivity contribution in [2.24, 2.45) is 10.8 Å². The van der Waals surface area contributed by atoms with Crippen LogP contribution < -0.4 is 34.0 Å². The van der Waals surface area contributed by atoms with Crippen LogP contribution in [0.15, 0.2) is 140 Å². The molecule has 9 heteroatoms. The van der Waals surface area contributed by atoms with Crippen LogP contribution in [0.3, 0.4) is 0 Å². The Balaban J connectivity index is 0.000000196. The van der Waals surface area contributed by atoms with Crippen molar-refractivity contribution in [1.82, 2.24) is 0 Å². The Morgan fingerprint density at radius 1 is 0.533 bits per heavy atom. The molecule has 0 spiro atoms. The van der Waals surface area contributed by atoms with Gasteiger partial charge >= 0.3 is 0 Å². The Kier molecular flexibility index (Phi) is 14.6. The van der Waals surface area contributed by atoms with Gasteiger partial charge in [-0.25, -0.2) is 8.78 Å². The van der Waals surface area contributed by atoms with Crippen molar-refractivity contribution in [3.8, 4) is 0 Å². The number of nitrogens with zero attached hydrogens (tertiary/aromatic N) is 2. The first-order valence-electron chi connectivity index (χ1n) is 21.4. The number of halogens is 4. The van der Waals surface area contributed by atoms with Gasteiger partial charge in [-0.05, 0) is 34.4 Å². The van der Waals surface area contributed by atoms with Gasteiger partial charge in [0.1, 0.15) is 29.4 Å². The molecule has 6 fully saturated rings. The van der Waals surface area contributed by atoms with Gasteiger partial charge in [0.05, 0.1) is 52.4 Å². The molecular weight excluding hydrogens is 886 g/mol. The highest BCUT2D eigenvalue weighted by Crippen LogP contribution is 2.59. The van der Waals surface area contributed by atoms with Crippen molar-refractivity contribution >= 4 is 0 Å². The van der Waals surface area contributed by atoms with Crippen LogP contribution >= 0.6 is 0 Å². The van der Waals surface area contributed by atoms with Crippen LogP contribution in [0, 0.1) is 22.5 Å². The van der Waals surface area contributed by atoms with Gasteiger partial charge < -0.3 is 57.9 Å². The second kappa shape index (κ2) is 19.0. The standard InChI is InChI=1S/C27H28F2NO.C24H32NO2.2BrH/c28-24-12-11-21(25(29)19-24)20-30-16-13-26(14-17-30,15-18-30)27(31,22-7-3-1-4-8-22)23-9-5-2-6-10-23;1-27-20-8-16-25-17-13-23(14-18-25,15-19-25)24(26,21-9-4-2-5-10-21)22-11-6-3-7-12-22;;/h1-12,19,31H,13-18,20H2;2-7,9-12,26H,8,13-20H2,1H3;2*1H/q2*+1;;/p-2. The molecule has 6 aliphatic heterocycles. The van der Waals surface area contributed by atoms with E-state index in [4.69, 9.17) is 4.74 Å². The van der Waals surface area contributed by atoms with Crippen molar-refractivity contribution < 1.29 is 66.7 Å². The van der Waals surface area contributed by atoms with Gasteiger partial charge in [0.25, 0.3) is 0 Å². The number of rotatable bonds is 12. The Morgan fingerprint density at radius 3 is 1.22 bits per heavy atom. The highest BCUT2D eigenvalue weighted by atomic mass is 79.9. The van der Waals surface area contributed by atoms with E-state index in [1.54, 1.807) is 13.2 Å². The Morgan fingerprint density at radius 2 is 0.883 bits per heavy atom. The summed E-state index contributed by atoms with van der Waals surface area (Å²) < 4.78 is 35.0. The first-order valence-corrected chi connectivity index (χ1v) is 21.4. The molecule has 0 aliphatic carbocycles. The summed E-state index contributed by atoms with van der Waals surface area (Å²) >= 11 is 0. The summed E-state index contributed by atoms with van der Waals surface area (Å²) in [6.45, 7) is 8.82. The maximum atomic E-state index is 14.3. The summed E-state index contributed by atoms with van der Waals surface area (Å²) in [5.41, 5.74) is 2.23. The molecule has 60 heavy (non-hydrogen) atoms. The molecule has 5 aromatic rings. The van der Waals surface area contributed by atoms with Gasteiger partial charge in [0, 0.05) is 74.5 Å². The molecule has 320 valence electrons. The number of fused-ring (bicyclic) bond motifs is 6. The summed E-state index contributed by atoms with van der Waals surface area (Å²) in [5, 5.41) is 24.7. The minimum Gasteiger partial charge on any atom is -1.00 e. The van der Waals surface area contributed by atoms with Crippen molar-refractivity contribution in [1.29, 1.82) is 0 Å². The molecule has 0 unspecified atom stereocenters. The van der Waals surface area contributed by atoms with Crippen LogP contribution in [-0.2, 0) is 22.5 Å². The first-order chi connectivity index (χ1) is 28.1. The highest BCUT2D eigenvalue weighted by molar-refractivity contribution is 5.41. The lowest BCUT2D eigenvalue weighted by Gasteiger charge is -2.60. The molecule has 6 heterocycles. The molecule has 0 aromatic heterocycles. The van der Waals surface area contributed by atoms with E-state index in [2.05, 4.69) is 48.5 Å². The first kappa shape index (κ1) is 46.2. The predicted octanol–water partition coefficient (Wildman–Crippen LogP) is 3.37. The third kappa shape index (κ3) is 8.45. The van der Waals surface area contributed by atoms with Crippen molar-refractivity contribution in [2.45, 2.75) is 62.7 Å². The van der Waals surface area contributed by atoms with Crippen LogP contribution in [-0.4, -0.2) is 78.7 Å². The Labute approximate surface area is 376 Å². The maximum absolute atomic E-state index is 14.3. The van der Waals surface area contributed by atoms with E-state index in [9.17, 15) is 19.0 Å². The van der Waals surface area contributed by atoms with Crippen molar-refractivity contribution in [3.63, 3.8) is 0 Å². The van der Waals surface area contributed by atoms with Crippen molar-refractivity contribution in [3.05, 3.63) is 179 Å². The molecule has 0 atom stereocenters. The molecule has 0 radical (unpaired) electrons. The van der Waals surface area contributed by atoms with Gasteiger partial charge in [-0.2, -0.15) is 0 Å². The highest BCUT2D eigenvalue weighted by Gasteiger charge is 2.61. The molecular formula is C51H60Br2F2N2O3. The van der Waals surface area contributed by atoms with E-state index in [0.29, 0.717) is 12.1 Å². The maximum Gasteiger partial charge on any atom is 0.134 e. The molecule has 11 rings (SSSR count). The van der Waals surface area contributed by atoms with E-state index in [0.717, 1.165) is 104 Å². The predicted molar refractivity (Wildman–Crippen MR) is 225 cm³/mol. The minimum atomic E-state index is -1.06. The monoisotopic (exact) mass is 944 g/mol. The minimum absolute atomic E-state index is 0. The van der Waals surface area contributed by atoms with E-state index >= 15 is 0 Å². The largest absolute Gasteiger partial charge is 1.00 e. The van der Waals surface area contributed by atoms with Gasteiger partial charge in [0.2, 0.25) is 0 Å². The van der Waals surface area contributed by atoms with Gasteiger partial charge in [-0.1, -0.05) is 121 Å². The van der Waals surface area contributed by atoms with Gasteiger partial charge in [-0.3, -0.25) is 0 Å². The molecule has 2 N–H and O–H groups in total. The van der Waals surface area contributed by atoms with Crippen molar-refractivity contribution in [2.75, 3.05) is 59.5 Å². The average Bonchev–Trinajstić information content (AvgIpc) is 3.29. The zero-order chi connectivity index (χ0) is 40.3. The van der Waals surface area contributed by atoms with E-state index in [-0.39, 0.29) is 44.8 Å². The van der Waals surface area contributed by atoms with E-state index < -0.39 is 22.8 Å². The summed E-state index contributed by atoms with van der Waals surface area (Å²) in [4.78, 5) is 0. The number of aliphatic hydroxyl groups is 2. The summed E-state index contributed by atoms with van der Waals surface area (Å²) in [5.74, 6) is -0.992. The van der Waals surface area contributed by atoms with Crippen LogP contribution in [0.4, 0.5) is 8.78 Å². The van der Waals surface area contributed by atoms with Gasteiger partial charge in [0.15, 0.2) is 0 Å². The zero-order valence-corrected chi connectivity index (χ0v) is 38.0. The Bertz CT molecular complexity index is 2000. The van der Waals surface area contributed by atoms with Crippen LogP contribution in [0.2, 0.25) is 0 Å². The third-order valence-corrected chi connectivity index (χ3v) is 15.2. The molecule has 6 aliphatic rings. The molecule has 5 aromatic carbocycles. The van der Waals surface area contributed by atoms with Crippen LogP contribution in [0.5, 0.6) is 0 Å². The number of piperidine rings is 6. The molecule has 0 amide bonds. The number of ether oxygens (including phenoxy) is 1. The van der Waals surface area contributed by atoms with Crippen LogP contribution in [0.25, 0.3) is 0 Å². The quantitative estimate of drug-likeness (QED) is 0.149. The summed E-state index contributed by atoms with van der Waals surface area (Å²) in [6.07, 6.45) is 6.99. The second-order valence-corrected chi connectivity index (χ2v) is 17.9. The summed E-state index contributed by atoms with van der Waals surface area (Å²) in [6, 6.07) is 44.6. The normalized spacial score (nSPS) is 25.6. The lowest BCUT2D eigenvalue weighted by Crippen LogP contribution is -3.00. The second-order valence-electron chi connectivity index (χ2n) is 17.9. The van der Waals surface area contributed by atoms with Crippen LogP contribution in [0.1, 0.15) is 72.8 Å². The number of quaternary nitrogens is 2. The topological polar surface area (TPSA) is 49.7 Å². The molecule has 6 saturated heterocycles. The fourth-order valence-corrected chi connectivity index (χ4v) is 11.6. The summed E-state index contributed by atoms with van der Waals surface area (Å²) in [7, 11) is 1.79. The SMILES string of the molecule is COCCC[N+]12CCC(C(O)(c3ccccc3)c3ccccc3)(CC1)CC2.OC(c1ccccc1)(c1ccccc1)C12CC[N+](Cc3ccc(F)cc3F)(CC1)CC2.[Br-].[Br-]. The number of hydrogen-bond donors (Lipinski definition) is 2. The average molecular weight is 947 g/mol. The fourth-order valence-electron chi connectivity index (χ4n) is 11.6. The lowest BCUT2D eigenvalue weighted by atomic mass is 9.56. The fraction of sp³-hybridized carbons (Fsp3) is 0.412. The number of methoxy groups -OCH3 is 1. The zero-order valence-electron chi connectivity index (χ0n) is 34.8. The smallest absolute Gasteiger partial charge is 0.134 e. The third-order valence-electron chi connectivity index (χ3n) is 15.2. The Hall–Kier alpha value is -3.28. The van der Waals surface area contributed by atoms with Gasteiger partial charge in [-0.15, -0.1) is 0 Å².